The summed E-state index contributed by atoms with van der Waals surface area (Å²) in [4.78, 5) is 16.6. The van der Waals surface area contributed by atoms with Crippen molar-refractivity contribution in [2.75, 3.05) is 5.32 Å². The smallest absolute Gasteiger partial charge is 0.413 e. The maximum atomic E-state index is 12.3. The van der Waals surface area contributed by atoms with E-state index in [-0.39, 0.29) is 6.10 Å². The van der Waals surface area contributed by atoms with Crippen molar-refractivity contribution in [2.24, 2.45) is 7.05 Å². The zero-order chi connectivity index (χ0) is 17.8. The summed E-state index contributed by atoms with van der Waals surface area (Å²) < 4.78 is 7.91. The molecular weight excluding hydrogens is 384 g/mol. The summed E-state index contributed by atoms with van der Waals surface area (Å²) in [5.74, 6) is 0.528. The Morgan fingerprint density at radius 2 is 1.96 bits per heavy atom. The highest BCUT2D eigenvalue weighted by Crippen LogP contribution is 2.27. The van der Waals surface area contributed by atoms with Crippen LogP contribution in [0.4, 0.5) is 10.6 Å². The van der Waals surface area contributed by atoms with Gasteiger partial charge in [-0.3, -0.25) is 15.0 Å². The van der Waals surface area contributed by atoms with Crippen LogP contribution in [-0.4, -0.2) is 20.9 Å². The number of nitrogens with zero attached hydrogens (tertiary/aromatic N) is 3. The van der Waals surface area contributed by atoms with Crippen LogP contribution in [0.5, 0.6) is 0 Å². The lowest BCUT2D eigenvalue weighted by molar-refractivity contribution is 0.121. The van der Waals surface area contributed by atoms with Crippen molar-refractivity contribution in [3.8, 4) is 11.3 Å². The Labute approximate surface area is 154 Å². The molecule has 25 heavy (non-hydrogen) atoms. The maximum absolute atomic E-state index is 12.3. The molecule has 0 spiro atoms. The maximum Gasteiger partial charge on any atom is 0.413 e. The molecule has 1 aromatic carbocycles. The van der Waals surface area contributed by atoms with Crippen LogP contribution in [0.2, 0.25) is 0 Å². The number of carbonyl (C=O) groups is 1. The van der Waals surface area contributed by atoms with Gasteiger partial charge in [-0.15, -0.1) is 0 Å². The quantitative estimate of drug-likeness (QED) is 0.696. The summed E-state index contributed by atoms with van der Waals surface area (Å²) in [7, 11) is 1.75. The van der Waals surface area contributed by atoms with E-state index in [1.54, 1.807) is 24.1 Å². The fourth-order valence-electron chi connectivity index (χ4n) is 2.39. The van der Waals surface area contributed by atoms with Crippen molar-refractivity contribution in [1.29, 1.82) is 0 Å². The zero-order valence-corrected chi connectivity index (χ0v) is 15.4. The summed E-state index contributed by atoms with van der Waals surface area (Å²) >= 11 is 3.36. The Bertz CT molecular complexity index is 863. The fourth-order valence-corrected chi connectivity index (χ4v) is 2.62. The summed E-state index contributed by atoms with van der Waals surface area (Å²) in [6.07, 6.45) is 2.45. The Balaban J connectivity index is 1.75. The summed E-state index contributed by atoms with van der Waals surface area (Å²) in [5.41, 5.74) is 2.36. The van der Waals surface area contributed by atoms with E-state index in [2.05, 4.69) is 31.3 Å². The average Bonchev–Trinajstić information content (AvgIpc) is 2.97. The second-order valence-corrected chi connectivity index (χ2v) is 6.39. The Kier molecular flexibility index (Phi) is 5.14. The summed E-state index contributed by atoms with van der Waals surface area (Å²) in [5, 5.41) is 6.96. The van der Waals surface area contributed by atoms with E-state index < -0.39 is 6.09 Å². The number of aromatic nitrogens is 3. The molecule has 0 aliphatic carbocycles. The van der Waals surface area contributed by atoms with Gasteiger partial charge in [-0.05, 0) is 40.5 Å². The second-order valence-electron chi connectivity index (χ2n) is 5.48. The van der Waals surface area contributed by atoms with Gasteiger partial charge < -0.3 is 4.74 Å². The first-order chi connectivity index (χ1) is 12.0. The third kappa shape index (κ3) is 4.06. The van der Waals surface area contributed by atoms with Crippen molar-refractivity contribution in [3.63, 3.8) is 0 Å². The molecule has 3 aromatic rings. The molecule has 2 heterocycles. The molecule has 6 nitrogen and oxygen atoms in total. The highest BCUT2D eigenvalue weighted by molar-refractivity contribution is 9.10. The van der Waals surface area contributed by atoms with Gasteiger partial charge in [0.05, 0.1) is 17.5 Å². The normalized spacial score (nSPS) is 11.8. The van der Waals surface area contributed by atoms with E-state index in [0.29, 0.717) is 11.5 Å². The summed E-state index contributed by atoms with van der Waals surface area (Å²) in [6.45, 7) is 1.83. The number of nitrogens with one attached hydrogen (secondary N) is 1. The lowest BCUT2D eigenvalue weighted by atomic mass is 10.1. The molecule has 0 saturated heterocycles. The van der Waals surface area contributed by atoms with Crippen molar-refractivity contribution in [3.05, 3.63) is 64.9 Å². The van der Waals surface area contributed by atoms with Crippen molar-refractivity contribution >= 4 is 27.8 Å². The van der Waals surface area contributed by atoms with Crippen LogP contribution in [0.1, 0.15) is 18.6 Å². The molecule has 1 atom stereocenters. The van der Waals surface area contributed by atoms with Crippen molar-refractivity contribution < 1.29 is 9.53 Å². The first-order valence-electron chi connectivity index (χ1n) is 7.71. The Morgan fingerprint density at radius 3 is 2.64 bits per heavy atom. The lowest BCUT2D eigenvalue weighted by Crippen LogP contribution is -2.18. The molecule has 0 fully saturated rings. The first-order valence-corrected chi connectivity index (χ1v) is 8.50. The van der Waals surface area contributed by atoms with Crippen molar-refractivity contribution in [2.45, 2.75) is 13.0 Å². The topological polar surface area (TPSA) is 69.0 Å². The molecule has 0 radical (unpaired) electrons. The second kappa shape index (κ2) is 7.48. The van der Waals surface area contributed by atoms with Crippen LogP contribution in [0.15, 0.2) is 59.3 Å². The van der Waals surface area contributed by atoms with Gasteiger partial charge in [0.2, 0.25) is 0 Å². The molecule has 0 bridgehead atoms. The number of hydrogen-bond donors (Lipinski definition) is 1. The van der Waals surface area contributed by atoms with Gasteiger partial charge in [-0.2, -0.15) is 5.10 Å². The minimum atomic E-state index is -0.543. The van der Waals surface area contributed by atoms with Crippen LogP contribution in [0.25, 0.3) is 11.3 Å². The number of ether oxygens (including phenoxy) is 1. The Hall–Kier alpha value is -2.67. The van der Waals surface area contributed by atoms with Gasteiger partial charge in [0, 0.05) is 17.7 Å². The molecule has 128 valence electrons. The predicted molar refractivity (Wildman–Crippen MR) is 99.1 cm³/mol. The monoisotopic (exact) mass is 400 g/mol. The molecule has 0 aliphatic heterocycles. The van der Waals surface area contributed by atoms with Gasteiger partial charge in [0.25, 0.3) is 0 Å². The van der Waals surface area contributed by atoms with Gasteiger partial charge in [-0.1, -0.05) is 30.3 Å². The molecule has 0 aliphatic rings. The third-order valence-corrected chi connectivity index (χ3v) is 4.18. The zero-order valence-electron chi connectivity index (χ0n) is 13.8. The number of aryl methyl sites for hydroxylation is 1. The third-order valence-electron chi connectivity index (χ3n) is 3.72. The fraction of sp³-hybridized carbons (Fsp3) is 0.167. The average molecular weight is 401 g/mol. The van der Waals surface area contributed by atoms with E-state index >= 15 is 0 Å². The van der Waals surface area contributed by atoms with E-state index in [0.717, 1.165) is 15.6 Å². The number of pyridine rings is 1. The van der Waals surface area contributed by atoms with Gasteiger partial charge >= 0.3 is 6.09 Å². The van der Waals surface area contributed by atoms with E-state index in [1.807, 2.05) is 49.4 Å². The number of halogens is 1. The summed E-state index contributed by atoms with van der Waals surface area (Å²) in [6, 6.07) is 13.3. The van der Waals surface area contributed by atoms with E-state index in [9.17, 15) is 4.79 Å². The van der Waals surface area contributed by atoms with Crippen LogP contribution < -0.4 is 5.32 Å². The number of anilines is 1. The van der Waals surface area contributed by atoms with Gasteiger partial charge in [-0.25, -0.2) is 4.79 Å². The highest BCUT2D eigenvalue weighted by atomic mass is 79.9. The van der Waals surface area contributed by atoms with Crippen LogP contribution in [0, 0.1) is 0 Å². The lowest BCUT2D eigenvalue weighted by Gasteiger charge is -2.15. The molecule has 7 heteroatoms. The van der Waals surface area contributed by atoms with Crippen LogP contribution in [-0.2, 0) is 11.8 Å². The highest BCUT2D eigenvalue weighted by Gasteiger charge is 2.17. The molecule has 2 aromatic heterocycles. The number of benzene rings is 1. The molecule has 1 amide bonds. The molecule has 1 N–H and O–H groups in total. The molecular formula is C18H17BrN4O2. The SMILES string of the molecule is C[C@@H](OC(=O)Nc1c(-c2ccc(Br)cn2)cnn1C)c1ccccc1. The van der Waals surface area contributed by atoms with Crippen LogP contribution in [0.3, 0.4) is 0 Å². The number of carbonyl (C=O) groups excluding carboxylic acids is 1. The number of rotatable bonds is 4. The van der Waals surface area contributed by atoms with Gasteiger partial charge in [0.15, 0.2) is 0 Å². The minimum Gasteiger partial charge on any atom is -0.441 e. The molecule has 3 rings (SSSR count). The van der Waals surface area contributed by atoms with Crippen LogP contribution >= 0.6 is 15.9 Å². The number of amides is 1. The molecule has 0 saturated carbocycles. The van der Waals surface area contributed by atoms with E-state index in [1.165, 1.54) is 0 Å². The standard InChI is InChI=1S/C18H17BrN4O2/c1-12(13-6-4-3-5-7-13)25-18(24)22-17-15(11-21-23(17)2)16-9-8-14(19)10-20-16/h3-12H,1-2H3,(H,22,24)/t12-/m1/s1. The van der Waals surface area contributed by atoms with Crippen molar-refractivity contribution in [1.82, 2.24) is 14.8 Å². The Morgan fingerprint density at radius 1 is 1.20 bits per heavy atom. The van der Waals surface area contributed by atoms with Gasteiger partial charge in [0.1, 0.15) is 11.9 Å². The predicted octanol–water partition coefficient (Wildman–Crippen LogP) is 4.55. The minimum absolute atomic E-state index is 0.358. The molecule has 0 unspecified atom stereocenters. The number of hydrogen-bond acceptors (Lipinski definition) is 4. The largest absolute Gasteiger partial charge is 0.441 e. The first kappa shape index (κ1) is 17.2. The van der Waals surface area contributed by atoms with E-state index in [4.69, 9.17) is 4.74 Å².